The van der Waals surface area contributed by atoms with Crippen molar-refractivity contribution in [1.82, 2.24) is 4.90 Å². The van der Waals surface area contributed by atoms with Crippen LogP contribution in [0.1, 0.15) is 28.8 Å². The van der Waals surface area contributed by atoms with Crippen LogP contribution in [0.3, 0.4) is 0 Å². The summed E-state index contributed by atoms with van der Waals surface area (Å²) in [4.78, 5) is 25.8. The number of nitrogens with zero attached hydrogens (tertiary/aromatic N) is 1. The van der Waals surface area contributed by atoms with Crippen LogP contribution in [-0.2, 0) is 4.79 Å². The van der Waals surface area contributed by atoms with Gasteiger partial charge < -0.3 is 10.0 Å². The Morgan fingerprint density at radius 2 is 2.10 bits per heavy atom. The number of carbonyl (C=O) groups is 2. The fourth-order valence-electron chi connectivity index (χ4n) is 2.65. The summed E-state index contributed by atoms with van der Waals surface area (Å²) in [6.07, 6.45) is 2.18. The summed E-state index contributed by atoms with van der Waals surface area (Å²) in [5, 5.41) is 9.40. The van der Waals surface area contributed by atoms with E-state index < -0.39 is 12.0 Å². The van der Waals surface area contributed by atoms with Crippen LogP contribution >= 0.6 is 27.7 Å². The third kappa shape index (κ3) is 2.83. The van der Waals surface area contributed by atoms with Crippen LogP contribution in [0, 0.1) is 12.8 Å². The van der Waals surface area contributed by atoms with Crippen molar-refractivity contribution >= 4 is 39.6 Å². The van der Waals surface area contributed by atoms with Crippen LogP contribution < -0.4 is 0 Å². The molecule has 1 N–H and O–H groups in total. The van der Waals surface area contributed by atoms with E-state index >= 15 is 0 Å². The molecule has 2 unspecified atom stereocenters. The maximum absolute atomic E-state index is 12.8. The second-order valence-electron chi connectivity index (χ2n) is 5.59. The molecule has 1 aliphatic heterocycles. The molecule has 1 saturated heterocycles. The van der Waals surface area contributed by atoms with Crippen molar-refractivity contribution < 1.29 is 14.7 Å². The summed E-state index contributed by atoms with van der Waals surface area (Å²) in [5.74, 6) is -0.134. The molecule has 112 valence electrons. The molecule has 1 saturated carbocycles. The van der Waals surface area contributed by atoms with Crippen LogP contribution in [0.2, 0.25) is 0 Å². The Morgan fingerprint density at radius 3 is 2.67 bits per heavy atom. The highest BCUT2D eigenvalue weighted by atomic mass is 79.9. The predicted molar refractivity (Wildman–Crippen MR) is 85.4 cm³/mol. The Balaban J connectivity index is 1.91. The van der Waals surface area contributed by atoms with E-state index in [1.807, 2.05) is 19.1 Å². The number of amides is 1. The summed E-state index contributed by atoms with van der Waals surface area (Å²) in [5.41, 5.74) is 1.54. The summed E-state index contributed by atoms with van der Waals surface area (Å²) in [6, 6.07) is 4.70. The smallest absolute Gasteiger partial charge is 0.327 e. The van der Waals surface area contributed by atoms with Crippen molar-refractivity contribution in [3.05, 3.63) is 33.8 Å². The topological polar surface area (TPSA) is 57.6 Å². The molecular formula is C15H16BrNO3S. The van der Waals surface area contributed by atoms with Crippen molar-refractivity contribution in [2.45, 2.75) is 31.2 Å². The van der Waals surface area contributed by atoms with Crippen molar-refractivity contribution in [1.29, 1.82) is 0 Å². The minimum Gasteiger partial charge on any atom is -0.480 e. The molecule has 21 heavy (non-hydrogen) atoms. The average molecular weight is 370 g/mol. The first-order valence-electron chi connectivity index (χ1n) is 6.92. The van der Waals surface area contributed by atoms with Crippen LogP contribution in [0.25, 0.3) is 0 Å². The number of carboxylic acid groups (broad SMARTS) is 1. The lowest BCUT2D eigenvalue weighted by Crippen LogP contribution is -2.46. The molecule has 1 amide bonds. The summed E-state index contributed by atoms with van der Waals surface area (Å²) in [7, 11) is 0. The highest BCUT2D eigenvalue weighted by molar-refractivity contribution is 9.10. The Hall–Kier alpha value is -1.01. The van der Waals surface area contributed by atoms with Crippen molar-refractivity contribution in [3.63, 3.8) is 0 Å². The summed E-state index contributed by atoms with van der Waals surface area (Å²) < 4.78 is 0.948. The molecule has 0 radical (unpaired) electrons. The maximum Gasteiger partial charge on any atom is 0.327 e. The van der Waals surface area contributed by atoms with E-state index in [4.69, 9.17) is 0 Å². The van der Waals surface area contributed by atoms with Gasteiger partial charge in [0.25, 0.3) is 5.91 Å². The van der Waals surface area contributed by atoms with E-state index in [0.29, 0.717) is 17.2 Å². The molecule has 1 aromatic rings. The molecule has 0 spiro atoms. The quantitative estimate of drug-likeness (QED) is 0.888. The van der Waals surface area contributed by atoms with E-state index in [2.05, 4.69) is 15.9 Å². The number of carbonyl (C=O) groups excluding carboxylic acids is 1. The molecule has 1 aliphatic carbocycles. The number of hydrogen-bond acceptors (Lipinski definition) is 3. The van der Waals surface area contributed by atoms with Gasteiger partial charge in [-0.2, -0.15) is 0 Å². The van der Waals surface area contributed by atoms with E-state index in [1.54, 1.807) is 22.7 Å². The predicted octanol–water partition coefficient (Wildman–Crippen LogP) is 3.14. The minimum atomic E-state index is -0.909. The molecule has 3 rings (SSSR count). The van der Waals surface area contributed by atoms with E-state index in [0.717, 1.165) is 22.9 Å². The first kappa shape index (κ1) is 14.9. The summed E-state index contributed by atoms with van der Waals surface area (Å²) in [6.45, 7) is 1.92. The van der Waals surface area contributed by atoms with Gasteiger partial charge in [0.05, 0.1) is 5.37 Å². The fraction of sp³-hybridized carbons (Fsp3) is 0.467. The minimum absolute atomic E-state index is 0.0163. The zero-order valence-electron chi connectivity index (χ0n) is 11.6. The monoisotopic (exact) mass is 369 g/mol. The molecular weight excluding hydrogens is 354 g/mol. The van der Waals surface area contributed by atoms with Gasteiger partial charge in [0.2, 0.25) is 0 Å². The molecule has 6 heteroatoms. The number of benzene rings is 1. The number of halogens is 1. The third-order valence-corrected chi connectivity index (χ3v) is 6.34. The first-order chi connectivity index (χ1) is 9.99. The zero-order valence-corrected chi connectivity index (χ0v) is 14.0. The second kappa shape index (κ2) is 5.65. The standard InChI is InChI=1S/C15H16BrNO3S/c1-8-6-10(4-5-11(8)16)13(18)17-12(15(19)20)7-21-14(17)9-2-3-9/h4-6,9,12,14H,2-3,7H2,1H3,(H,19,20). The molecule has 1 aromatic carbocycles. The number of thioether (sulfide) groups is 1. The SMILES string of the molecule is Cc1cc(C(=O)N2C(C(=O)O)CSC2C2CC2)ccc1Br. The van der Waals surface area contributed by atoms with Gasteiger partial charge in [-0.15, -0.1) is 11.8 Å². The zero-order chi connectivity index (χ0) is 15.1. The highest BCUT2D eigenvalue weighted by Gasteiger charge is 2.48. The van der Waals surface area contributed by atoms with Gasteiger partial charge in [0, 0.05) is 15.8 Å². The lowest BCUT2D eigenvalue weighted by atomic mass is 10.1. The van der Waals surface area contributed by atoms with Gasteiger partial charge in [-0.25, -0.2) is 4.79 Å². The van der Waals surface area contributed by atoms with Crippen molar-refractivity contribution in [2.75, 3.05) is 5.75 Å². The molecule has 2 atom stereocenters. The van der Waals surface area contributed by atoms with E-state index in [1.165, 1.54) is 0 Å². The van der Waals surface area contributed by atoms with Crippen molar-refractivity contribution in [3.8, 4) is 0 Å². The van der Waals surface area contributed by atoms with Gasteiger partial charge in [0.15, 0.2) is 0 Å². The first-order valence-corrected chi connectivity index (χ1v) is 8.76. The normalized spacial score (nSPS) is 25.1. The lowest BCUT2D eigenvalue weighted by molar-refractivity contribution is -0.141. The Morgan fingerprint density at radius 1 is 1.38 bits per heavy atom. The molecule has 4 nitrogen and oxygen atoms in total. The number of aliphatic carboxylic acids is 1. The van der Waals surface area contributed by atoms with Crippen LogP contribution in [-0.4, -0.2) is 39.1 Å². The van der Waals surface area contributed by atoms with Crippen molar-refractivity contribution in [2.24, 2.45) is 5.92 Å². The third-order valence-electron chi connectivity index (χ3n) is 3.98. The van der Waals surface area contributed by atoms with Crippen LogP contribution in [0.5, 0.6) is 0 Å². The Labute approximate surface area is 136 Å². The number of aryl methyl sites for hydroxylation is 1. The number of rotatable bonds is 3. The van der Waals surface area contributed by atoms with E-state index in [9.17, 15) is 14.7 Å². The molecule has 0 aromatic heterocycles. The van der Waals surface area contributed by atoms with Gasteiger partial charge in [-0.3, -0.25) is 4.79 Å². The average Bonchev–Trinajstić information content (AvgIpc) is 3.19. The van der Waals surface area contributed by atoms with Gasteiger partial charge in [-0.05, 0) is 49.4 Å². The Kier molecular flexibility index (Phi) is 4.01. The second-order valence-corrected chi connectivity index (χ2v) is 7.60. The van der Waals surface area contributed by atoms with Gasteiger partial charge in [-0.1, -0.05) is 15.9 Å². The van der Waals surface area contributed by atoms with Gasteiger partial charge in [0.1, 0.15) is 6.04 Å². The van der Waals surface area contributed by atoms with Gasteiger partial charge >= 0.3 is 5.97 Å². The van der Waals surface area contributed by atoms with Crippen LogP contribution in [0.15, 0.2) is 22.7 Å². The van der Waals surface area contributed by atoms with Crippen LogP contribution in [0.4, 0.5) is 0 Å². The number of hydrogen-bond donors (Lipinski definition) is 1. The summed E-state index contributed by atoms with van der Waals surface area (Å²) >= 11 is 5.02. The lowest BCUT2D eigenvalue weighted by Gasteiger charge is -2.27. The molecule has 2 fully saturated rings. The fourth-order valence-corrected chi connectivity index (χ4v) is 4.52. The Bertz CT molecular complexity index is 603. The molecule has 0 bridgehead atoms. The highest BCUT2D eigenvalue weighted by Crippen LogP contribution is 2.46. The molecule has 1 heterocycles. The molecule has 2 aliphatic rings. The largest absolute Gasteiger partial charge is 0.480 e. The number of carboxylic acids is 1. The van der Waals surface area contributed by atoms with E-state index in [-0.39, 0.29) is 11.3 Å². The maximum atomic E-state index is 12.8.